The Kier molecular flexibility index (Phi) is 1.47. The fourth-order valence-corrected chi connectivity index (χ4v) is 1.81. The van der Waals surface area contributed by atoms with Crippen molar-refractivity contribution in [3.63, 3.8) is 0 Å². The lowest BCUT2D eigenvalue weighted by Crippen LogP contribution is -2.25. The van der Waals surface area contributed by atoms with Crippen molar-refractivity contribution in [1.82, 2.24) is 9.38 Å². The molecule has 3 rings (SSSR count). The van der Waals surface area contributed by atoms with Crippen LogP contribution in [0.15, 0.2) is 30.6 Å². The standard InChI is InChI=1S/C11H13N3/c12-11(4-5-11)7-9-8-13-10-3-1-2-6-14(9)10/h1-3,6,8H,4-5,7,12H2. The van der Waals surface area contributed by atoms with Crippen molar-refractivity contribution in [2.24, 2.45) is 5.73 Å². The van der Waals surface area contributed by atoms with Crippen molar-refractivity contribution in [3.05, 3.63) is 36.3 Å². The molecule has 0 spiro atoms. The van der Waals surface area contributed by atoms with Crippen LogP contribution in [0.2, 0.25) is 0 Å². The van der Waals surface area contributed by atoms with Crippen molar-refractivity contribution in [2.75, 3.05) is 0 Å². The number of hydrogen-bond donors (Lipinski definition) is 1. The van der Waals surface area contributed by atoms with Gasteiger partial charge in [0.05, 0.1) is 0 Å². The van der Waals surface area contributed by atoms with E-state index in [2.05, 4.69) is 9.38 Å². The molecule has 1 saturated carbocycles. The predicted octanol–water partition coefficient (Wildman–Crippen LogP) is 1.37. The van der Waals surface area contributed by atoms with E-state index in [9.17, 15) is 0 Å². The first-order valence-electron chi connectivity index (χ1n) is 4.97. The predicted molar refractivity (Wildman–Crippen MR) is 55.0 cm³/mol. The van der Waals surface area contributed by atoms with Gasteiger partial charge in [0.2, 0.25) is 0 Å². The Morgan fingerprint density at radius 3 is 3.07 bits per heavy atom. The van der Waals surface area contributed by atoms with Gasteiger partial charge in [-0.15, -0.1) is 0 Å². The first kappa shape index (κ1) is 8.00. The maximum Gasteiger partial charge on any atom is 0.136 e. The average molecular weight is 187 g/mol. The smallest absolute Gasteiger partial charge is 0.136 e. The first-order chi connectivity index (χ1) is 6.77. The number of imidazole rings is 1. The Bertz CT molecular complexity index is 468. The molecule has 0 unspecified atom stereocenters. The van der Waals surface area contributed by atoms with Gasteiger partial charge < -0.3 is 10.1 Å². The largest absolute Gasteiger partial charge is 0.325 e. The summed E-state index contributed by atoms with van der Waals surface area (Å²) in [5.41, 5.74) is 8.38. The van der Waals surface area contributed by atoms with Crippen LogP contribution in [0.1, 0.15) is 18.5 Å². The number of aromatic nitrogens is 2. The minimum absolute atomic E-state index is 0.0613. The van der Waals surface area contributed by atoms with E-state index in [1.165, 1.54) is 5.69 Å². The molecule has 0 bridgehead atoms. The summed E-state index contributed by atoms with van der Waals surface area (Å²) in [6.45, 7) is 0. The fourth-order valence-electron chi connectivity index (χ4n) is 1.81. The van der Waals surface area contributed by atoms with Gasteiger partial charge in [0.15, 0.2) is 0 Å². The van der Waals surface area contributed by atoms with Crippen LogP contribution in [0, 0.1) is 0 Å². The highest BCUT2D eigenvalue weighted by atomic mass is 15.0. The highest BCUT2D eigenvalue weighted by molar-refractivity contribution is 5.40. The van der Waals surface area contributed by atoms with E-state index in [-0.39, 0.29) is 5.54 Å². The third kappa shape index (κ3) is 1.21. The molecule has 2 N–H and O–H groups in total. The molecular weight excluding hydrogens is 174 g/mol. The lowest BCUT2D eigenvalue weighted by atomic mass is 10.1. The molecule has 2 aromatic rings. The Hall–Kier alpha value is -1.35. The number of rotatable bonds is 2. The van der Waals surface area contributed by atoms with Gasteiger partial charge in [-0.1, -0.05) is 6.07 Å². The van der Waals surface area contributed by atoms with E-state index in [0.29, 0.717) is 0 Å². The van der Waals surface area contributed by atoms with Crippen LogP contribution in [0.25, 0.3) is 5.65 Å². The van der Waals surface area contributed by atoms with Gasteiger partial charge in [-0.25, -0.2) is 4.98 Å². The molecule has 3 nitrogen and oxygen atoms in total. The fraction of sp³-hybridized carbons (Fsp3) is 0.364. The maximum atomic E-state index is 6.09. The zero-order chi connectivity index (χ0) is 9.60. The molecule has 72 valence electrons. The summed E-state index contributed by atoms with van der Waals surface area (Å²) in [5.74, 6) is 0. The first-order valence-corrected chi connectivity index (χ1v) is 4.97. The second kappa shape index (κ2) is 2.58. The molecule has 2 heterocycles. The molecule has 0 radical (unpaired) electrons. The summed E-state index contributed by atoms with van der Waals surface area (Å²) >= 11 is 0. The van der Waals surface area contributed by atoms with E-state index >= 15 is 0 Å². The molecular formula is C11H13N3. The van der Waals surface area contributed by atoms with E-state index < -0.39 is 0 Å². The quantitative estimate of drug-likeness (QED) is 0.771. The van der Waals surface area contributed by atoms with Crippen LogP contribution in [-0.4, -0.2) is 14.9 Å². The Balaban J connectivity index is 2.04. The lowest BCUT2D eigenvalue weighted by Gasteiger charge is -2.07. The maximum absolute atomic E-state index is 6.09. The van der Waals surface area contributed by atoms with Crippen molar-refractivity contribution in [3.8, 4) is 0 Å². The van der Waals surface area contributed by atoms with Gasteiger partial charge in [0.1, 0.15) is 5.65 Å². The van der Waals surface area contributed by atoms with Gasteiger partial charge in [0, 0.05) is 30.0 Å². The van der Waals surface area contributed by atoms with Gasteiger partial charge in [-0.2, -0.15) is 0 Å². The lowest BCUT2D eigenvalue weighted by molar-refractivity contribution is 0.655. The molecule has 1 fully saturated rings. The molecule has 1 aliphatic rings. The SMILES string of the molecule is NC1(Cc2cnc3ccccn23)CC1. The van der Waals surface area contributed by atoms with E-state index in [4.69, 9.17) is 5.73 Å². The van der Waals surface area contributed by atoms with Crippen LogP contribution >= 0.6 is 0 Å². The normalized spacial score (nSPS) is 18.6. The summed E-state index contributed by atoms with van der Waals surface area (Å²) in [6, 6.07) is 6.04. The van der Waals surface area contributed by atoms with Crippen LogP contribution in [0.5, 0.6) is 0 Å². The number of hydrogen-bond acceptors (Lipinski definition) is 2. The topological polar surface area (TPSA) is 43.3 Å². The monoisotopic (exact) mass is 187 g/mol. The van der Waals surface area contributed by atoms with Gasteiger partial charge >= 0.3 is 0 Å². The summed E-state index contributed by atoms with van der Waals surface area (Å²) in [7, 11) is 0. The molecule has 3 heteroatoms. The number of fused-ring (bicyclic) bond motifs is 1. The van der Waals surface area contributed by atoms with Crippen LogP contribution in [-0.2, 0) is 6.42 Å². The Morgan fingerprint density at radius 2 is 2.29 bits per heavy atom. The number of pyridine rings is 1. The van der Waals surface area contributed by atoms with Crippen LogP contribution < -0.4 is 5.73 Å². The highest BCUT2D eigenvalue weighted by Gasteiger charge is 2.38. The summed E-state index contributed by atoms with van der Waals surface area (Å²) in [6.07, 6.45) is 7.21. The van der Waals surface area contributed by atoms with Crippen LogP contribution in [0.4, 0.5) is 0 Å². The third-order valence-electron chi connectivity index (χ3n) is 2.92. The second-order valence-corrected chi connectivity index (χ2v) is 4.22. The van der Waals surface area contributed by atoms with Gasteiger partial charge in [0.25, 0.3) is 0 Å². The van der Waals surface area contributed by atoms with E-state index in [0.717, 1.165) is 24.9 Å². The molecule has 0 aromatic carbocycles. The molecule has 2 aromatic heterocycles. The van der Waals surface area contributed by atoms with Crippen molar-refractivity contribution >= 4 is 5.65 Å². The number of nitrogens with zero attached hydrogens (tertiary/aromatic N) is 2. The molecule has 0 saturated heterocycles. The van der Waals surface area contributed by atoms with E-state index in [1.54, 1.807) is 0 Å². The zero-order valence-corrected chi connectivity index (χ0v) is 7.98. The number of nitrogens with two attached hydrogens (primary N) is 1. The molecule has 14 heavy (non-hydrogen) atoms. The minimum Gasteiger partial charge on any atom is -0.325 e. The van der Waals surface area contributed by atoms with Crippen LogP contribution in [0.3, 0.4) is 0 Å². The summed E-state index contributed by atoms with van der Waals surface area (Å²) < 4.78 is 2.12. The molecule has 0 amide bonds. The van der Waals surface area contributed by atoms with Gasteiger partial charge in [-0.05, 0) is 25.0 Å². The third-order valence-corrected chi connectivity index (χ3v) is 2.92. The highest BCUT2D eigenvalue weighted by Crippen LogP contribution is 2.35. The zero-order valence-electron chi connectivity index (χ0n) is 7.98. The van der Waals surface area contributed by atoms with Crippen molar-refractivity contribution in [1.29, 1.82) is 0 Å². The molecule has 0 atom stereocenters. The average Bonchev–Trinajstić information content (AvgIpc) is 2.77. The minimum atomic E-state index is 0.0613. The van der Waals surface area contributed by atoms with Gasteiger partial charge in [-0.3, -0.25) is 0 Å². The summed E-state index contributed by atoms with van der Waals surface area (Å²) in [4.78, 5) is 4.34. The molecule has 0 aliphatic heterocycles. The Labute approximate surface area is 82.6 Å². The second-order valence-electron chi connectivity index (χ2n) is 4.22. The Morgan fingerprint density at radius 1 is 1.43 bits per heavy atom. The summed E-state index contributed by atoms with van der Waals surface area (Å²) in [5, 5.41) is 0. The van der Waals surface area contributed by atoms with Crippen molar-refractivity contribution < 1.29 is 0 Å². The molecule has 1 aliphatic carbocycles. The van der Waals surface area contributed by atoms with Crippen molar-refractivity contribution in [2.45, 2.75) is 24.8 Å². The van der Waals surface area contributed by atoms with E-state index in [1.807, 2.05) is 30.6 Å².